The van der Waals surface area contributed by atoms with Gasteiger partial charge in [-0.25, -0.2) is 0 Å². The quantitative estimate of drug-likeness (QED) is 0.405. The second kappa shape index (κ2) is 12.2. The van der Waals surface area contributed by atoms with E-state index in [-0.39, 0.29) is 5.97 Å². The van der Waals surface area contributed by atoms with Crippen molar-refractivity contribution in [3.63, 3.8) is 0 Å². The summed E-state index contributed by atoms with van der Waals surface area (Å²) in [6.07, 6.45) is 12.3. The molecular formula is C14H30O2Si. The van der Waals surface area contributed by atoms with Crippen molar-refractivity contribution in [1.82, 2.24) is 0 Å². The molecule has 102 valence electrons. The maximum Gasteiger partial charge on any atom is 0.292 e. The minimum Gasteiger partial charge on any atom is -0.523 e. The minimum atomic E-state index is -1.16. The van der Waals surface area contributed by atoms with Crippen LogP contribution in [0, 0.1) is 0 Å². The average molecular weight is 258 g/mol. The first kappa shape index (κ1) is 16.7. The van der Waals surface area contributed by atoms with Gasteiger partial charge >= 0.3 is 0 Å². The summed E-state index contributed by atoms with van der Waals surface area (Å²) in [5, 5.41) is 0. The van der Waals surface area contributed by atoms with Crippen molar-refractivity contribution in [2.24, 2.45) is 0 Å². The van der Waals surface area contributed by atoms with Gasteiger partial charge in [0.2, 0.25) is 9.04 Å². The highest BCUT2D eigenvalue weighted by Crippen LogP contribution is 2.10. The van der Waals surface area contributed by atoms with E-state index < -0.39 is 9.04 Å². The lowest BCUT2D eigenvalue weighted by Crippen LogP contribution is -2.14. The molecule has 17 heavy (non-hydrogen) atoms. The van der Waals surface area contributed by atoms with E-state index in [9.17, 15) is 4.79 Å². The molecule has 0 N–H and O–H groups in total. The van der Waals surface area contributed by atoms with E-state index in [0.29, 0.717) is 6.42 Å². The maximum absolute atomic E-state index is 11.3. The van der Waals surface area contributed by atoms with Crippen molar-refractivity contribution in [3.05, 3.63) is 0 Å². The van der Waals surface area contributed by atoms with Crippen molar-refractivity contribution < 1.29 is 9.22 Å². The summed E-state index contributed by atoms with van der Waals surface area (Å²) < 4.78 is 5.22. The molecule has 0 fully saturated rings. The zero-order chi connectivity index (χ0) is 12.9. The third kappa shape index (κ3) is 13.6. The Bertz CT molecular complexity index is 181. The third-order valence-electron chi connectivity index (χ3n) is 2.85. The summed E-state index contributed by atoms with van der Waals surface area (Å²) in [7, 11) is -1.16. The van der Waals surface area contributed by atoms with Gasteiger partial charge in [0.25, 0.3) is 5.97 Å². The fourth-order valence-corrected chi connectivity index (χ4v) is 2.55. The van der Waals surface area contributed by atoms with E-state index in [1.54, 1.807) is 0 Å². The van der Waals surface area contributed by atoms with E-state index in [2.05, 4.69) is 6.92 Å². The lowest BCUT2D eigenvalue weighted by Gasteiger charge is -2.06. The summed E-state index contributed by atoms with van der Waals surface area (Å²) in [4.78, 5) is 11.3. The van der Waals surface area contributed by atoms with Crippen LogP contribution in [-0.2, 0) is 9.22 Å². The van der Waals surface area contributed by atoms with Crippen molar-refractivity contribution >= 4 is 15.0 Å². The smallest absolute Gasteiger partial charge is 0.292 e. The fourth-order valence-electron chi connectivity index (χ4n) is 1.90. The minimum absolute atomic E-state index is 0.0228. The van der Waals surface area contributed by atoms with Gasteiger partial charge in [0, 0.05) is 6.42 Å². The van der Waals surface area contributed by atoms with Crippen LogP contribution in [0.4, 0.5) is 0 Å². The van der Waals surface area contributed by atoms with Gasteiger partial charge in [0.05, 0.1) is 0 Å². The van der Waals surface area contributed by atoms with E-state index in [0.717, 1.165) is 6.42 Å². The molecule has 0 aromatic rings. The Morgan fingerprint density at radius 3 is 1.82 bits per heavy atom. The van der Waals surface area contributed by atoms with Crippen LogP contribution in [0.5, 0.6) is 0 Å². The van der Waals surface area contributed by atoms with Crippen molar-refractivity contribution in [1.29, 1.82) is 0 Å². The molecule has 0 aliphatic heterocycles. The van der Waals surface area contributed by atoms with Gasteiger partial charge in [0.15, 0.2) is 0 Å². The second-order valence-electron chi connectivity index (χ2n) is 5.12. The molecule has 0 aromatic carbocycles. The highest BCUT2D eigenvalue weighted by molar-refractivity contribution is 6.50. The molecule has 0 aromatic heterocycles. The van der Waals surface area contributed by atoms with Gasteiger partial charge in [-0.1, -0.05) is 58.3 Å². The predicted molar refractivity (Wildman–Crippen MR) is 76.8 cm³/mol. The van der Waals surface area contributed by atoms with Crippen molar-refractivity contribution in [2.45, 2.75) is 84.2 Å². The first-order valence-electron chi connectivity index (χ1n) is 7.36. The molecule has 2 nitrogen and oxygen atoms in total. The molecule has 0 radical (unpaired) electrons. The van der Waals surface area contributed by atoms with Crippen LogP contribution in [0.1, 0.15) is 71.1 Å². The molecule has 0 amide bonds. The summed E-state index contributed by atoms with van der Waals surface area (Å²) in [5.41, 5.74) is 0. The van der Waals surface area contributed by atoms with Crippen LogP contribution in [-0.4, -0.2) is 15.0 Å². The lowest BCUT2D eigenvalue weighted by atomic mass is 10.1. The first-order chi connectivity index (χ1) is 8.16. The van der Waals surface area contributed by atoms with Crippen LogP contribution in [0.3, 0.4) is 0 Å². The first-order valence-corrected chi connectivity index (χ1v) is 10.1. The number of unbranched alkanes of at least 4 members (excludes halogenated alkanes) is 8. The topological polar surface area (TPSA) is 26.3 Å². The van der Waals surface area contributed by atoms with E-state index in [1.165, 1.54) is 51.4 Å². The number of rotatable bonds is 11. The van der Waals surface area contributed by atoms with E-state index in [4.69, 9.17) is 4.43 Å². The average Bonchev–Trinajstić information content (AvgIpc) is 2.26. The molecule has 0 rings (SSSR count). The molecule has 0 aliphatic carbocycles. The summed E-state index contributed by atoms with van der Waals surface area (Å²) in [6.45, 7) is 6.32. The van der Waals surface area contributed by atoms with Gasteiger partial charge in [0.1, 0.15) is 0 Å². The third-order valence-corrected chi connectivity index (χ3v) is 3.59. The van der Waals surface area contributed by atoms with Crippen LogP contribution in [0.25, 0.3) is 0 Å². The molecule has 3 heteroatoms. The van der Waals surface area contributed by atoms with Crippen LogP contribution in [0.15, 0.2) is 0 Å². The molecule has 0 atom stereocenters. The Morgan fingerprint density at radius 2 is 1.35 bits per heavy atom. The molecule has 0 bridgehead atoms. The highest BCUT2D eigenvalue weighted by Gasteiger charge is 2.05. The van der Waals surface area contributed by atoms with Gasteiger partial charge < -0.3 is 4.43 Å². The number of carbonyl (C=O) groups is 1. The Labute approximate surface area is 109 Å². The van der Waals surface area contributed by atoms with Gasteiger partial charge in [-0.2, -0.15) is 0 Å². The van der Waals surface area contributed by atoms with Crippen molar-refractivity contribution in [2.75, 3.05) is 0 Å². The Balaban J connectivity index is 3.10. The second-order valence-corrected chi connectivity index (χ2v) is 7.45. The van der Waals surface area contributed by atoms with Gasteiger partial charge in [-0.15, -0.1) is 0 Å². The Hall–Kier alpha value is -0.313. The number of hydrogen-bond donors (Lipinski definition) is 0. The SMILES string of the molecule is CCCCCCCCCCCC(=O)O[SiH](C)C. The summed E-state index contributed by atoms with van der Waals surface area (Å²) in [5.74, 6) is 0.0228. The molecule has 0 saturated heterocycles. The fraction of sp³-hybridized carbons (Fsp3) is 0.929. The maximum atomic E-state index is 11.3. The highest BCUT2D eigenvalue weighted by atomic mass is 28.3. The molecular weight excluding hydrogens is 228 g/mol. The lowest BCUT2D eigenvalue weighted by molar-refractivity contribution is -0.134. The summed E-state index contributed by atoms with van der Waals surface area (Å²) in [6, 6.07) is 0. The van der Waals surface area contributed by atoms with E-state index in [1.807, 2.05) is 13.1 Å². The standard InChI is InChI=1S/C14H30O2Si/c1-4-5-6-7-8-9-10-11-12-13-14(15)16-17(2)3/h17H,4-13H2,1-3H3. The zero-order valence-corrected chi connectivity index (χ0v) is 13.1. The normalized spacial score (nSPS) is 10.8. The van der Waals surface area contributed by atoms with Gasteiger partial charge in [-0.05, 0) is 19.5 Å². The van der Waals surface area contributed by atoms with Crippen molar-refractivity contribution in [3.8, 4) is 0 Å². The summed E-state index contributed by atoms with van der Waals surface area (Å²) >= 11 is 0. The van der Waals surface area contributed by atoms with Crippen LogP contribution >= 0.6 is 0 Å². The monoisotopic (exact) mass is 258 g/mol. The van der Waals surface area contributed by atoms with Gasteiger partial charge in [-0.3, -0.25) is 4.79 Å². The largest absolute Gasteiger partial charge is 0.523 e. The predicted octanol–water partition coefficient (Wildman–Crippen LogP) is 4.43. The number of hydrogen-bond acceptors (Lipinski definition) is 2. The molecule has 0 heterocycles. The molecule has 0 saturated carbocycles. The van der Waals surface area contributed by atoms with Crippen LogP contribution in [0.2, 0.25) is 13.1 Å². The molecule has 0 spiro atoms. The van der Waals surface area contributed by atoms with E-state index >= 15 is 0 Å². The number of carbonyl (C=O) groups excluding carboxylic acids is 1. The molecule has 0 unspecified atom stereocenters. The Morgan fingerprint density at radius 1 is 0.882 bits per heavy atom. The zero-order valence-electron chi connectivity index (χ0n) is 12.0. The molecule has 0 aliphatic rings. The van der Waals surface area contributed by atoms with Crippen LogP contribution < -0.4 is 0 Å². The Kier molecular flexibility index (Phi) is 11.9.